The smallest absolute Gasteiger partial charge is 0.186 e. The molecule has 0 amide bonds. The van der Waals surface area contributed by atoms with Crippen molar-refractivity contribution in [3.8, 4) is 5.75 Å². The molecule has 0 aliphatic carbocycles. The van der Waals surface area contributed by atoms with Crippen molar-refractivity contribution in [3.05, 3.63) is 52.2 Å². The van der Waals surface area contributed by atoms with Gasteiger partial charge in [0, 0.05) is 16.7 Å². The van der Waals surface area contributed by atoms with Crippen molar-refractivity contribution in [2.75, 3.05) is 13.4 Å². The second-order valence-corrected chi connectivity index (χ2v) is 7.31. The maximum Gasteiger partial charge on any atom is 0.186 e. The fourth-order valence-corrected chi connectivity index (χ4v) is 3.21. The molecule has 1 heterocycles. The molecule has 0 aliphatic heterocycles. The van der Waals surface area contributed by atoms with Gasteiger partial charge in [0.2, 0.25) is 0 Å². The summed E-state index contributed by atoms with van der Waals surface area (Å²) in [5.41, 5.74) is 0.382. The van der Waals surface area contributed by atoms with Crippen LogP contribution in [0, 0.1) is 0 Å². The van der Waals surface area contributed by atoms with Gasteiger partial charge in [0.15, 0.2) is 15.6 Å². The van der Waals surface area contributed by atoms with Gasteiger partial charge in [-0.15, -0.1) is 11.3 Å². The third-order valence-corrected chi connectivity index (χ3v) is 4.76. The molecule has 0 saturated carbocycles. The molecule has 0 unspecified atom stereocenters. The summed E-state index contributed by atoms with van der Waals surface area (Å²) in [6, 6.07) is 8.12. The summed E-state index contributed by atoms with van der Waals surface area (Å²) < 4.78 is 28.3. The Balaban J connectivity index is 2.31. The second kappa shape index (κ2) is 6.24. The molecule has 0 atom stereocenters. The number of methoxy groups -OCH3 is 1. The molecule has 0 N–H and O–H groups in total. The number of ether oxygens (including phenoxy) is 1. The Kier molecular flexibility index (Phi) is 4.59. The van der Waals surface area contributed by atoms with E-state index in [-0.39, 0.29) is 16.4 Å². The number of ketones is 1. The number of rotatable bonds is 5. The van der Waals surface area contributed by atoms with E-state index in [0.717, 1.165) is 11.1 Å². The summed E-state index contributed by atoms with van der Waals surface area (Å²) in [7, 11) is -2.01. The molecule has 0 aliphatic rings. The van der Waals surface area contributed by atoms with Crippen LogP contribution >= 0.6 is 11.3 Å². The minimum Gasteiger partial charge on any atom is -0.495 e. The molecule has 0 fully saturated rings. The van der Waals surface area contributed by atoms with Crippen LogP contribution in [0.15, 0.2) is 46.7 Å². The minimum absolute atomic E-state index is 0.0730. The number of carbonyl (C=O) groups is 1. The third-order valence-electron chi connectivity index (χ3n) is 2.79. The highest BCUT2D eigenvalue weighted by atomic mass is 32.2. The Morgan fingerprint density at radius 3 is 2.62 bits per heavy atom. The second-order valence-electron chi connectivity index (χ2n) is 4.35. The van der Waals surface area contributed by atoms with Gasteiger partial charge in [0.05, 0.1) is 7.11 Å². The summed E-state index contributed by atoms with van der Waals surface area (Å²) in [5.74, 6) is -0.0328. The van der Waals surface area contributed by atoms with E-state index in [0.29, 0.717) is 5.56 Å². The summed E-state index contributed by atoms with van der Waals surface area (Å²) in [4.78, 5) is 13.1. The summed E-state index contributed by atoms with van der Waals surface area (Å²) in [5, 5.41) is 1.92. The number of hydrogen-bond donors (Lipinski definition) is 0. The minimum atomic E-state index is -3.39. The topological polar surface area (TPSA) is 60.4 Å². The highest BCUT2D eigenvalue weighted by Crippen LogP contribution is 2.25. The Morgan fingerprint density at radius 1 is 1.29 bits per heavy atom. The highest BCUT2D eigenvalue weighted by molar-refractivity contribution is 7.90. The molecular weight excluding hydrogens is 308 g/mol. The number of sulfone groups is 1. The number of allylic oxidation sites excluding steroid dienone is 1. The molecule has 2 rings (SSSR count). The van der Waals surface area contributed by atoms with Crippen LogP contribution in [0.1, 0.15) is 15.2 Å². The van der Waals surface area contributed by atoms with Crippen LogP contribution in [0.5, 0.6) is 5.75 Å². The van der Waals surface area contributed by atoms with E-state index in [2.05, 4.69) is 0 Å². The van der Waals surface area contributed by atoms with Crippen molar-refractivity contribution in [2.45, 2.75) is 4.90 Å². The molecule has 0 radical (unpaired) electrons. The van der Waals surface area contributed by atoms with E-state index in [1.807, 2.05) is 17.5 Å². The lowest BCUT2D eigenvalue weighted by Gasteiger charge is -2.07. The molecule has 1 aromatic heterocycles. The van der Waals surface area contributed by atoms with Crippen molar-refractivity contribution in [3.63, 3.8) is 0 Å². The van der Waals surface area contributed by atoms with Crippen molar-refractivity contribution >= 4 is 33.0 Å². The summed E-state index contributed by atoms with van der Waals surface area (Å²) in [6.07, 6.45) is 4.29. The van der Waals surface area contributed by atoms with Gasteiger partial charge in [-0.3, -0.25) is 4.79 Å². The van der Waals surface area contributed by atoms with Gasteiger partial charge < -0.3 is 4.74 Å². The molecule has 0 bridgehead atoms. The fraction of sp³-hybridized carbons (Fsp3) is 0.133. The molecule has 6 heteroatoms. The van der Waals surface area contributed by atoms with E-state index in [1.54, 1.807) is 6.08 Å². The van der Waals surface area contributed by atoms with Crippen LogP contribution in [-0.2, 0) is 9.84 Å². The third kappa shape index (κ3) is 3.80. The predicted molar refractivity (Wildman–Crippen MR) is 83.8 cm³/mol. The molecule has 1 aromatic carbocycles. The molecular formula is C15H14O4S2. The predicted octanol–water partition coefficient (Wildman–Crippen LogP) is 3.06. The Labute approximate surface area is 127 Å². The van der Waals surface area contributed by atoms with Gasteiger partial charge in [-0.1, -0.05) is 6.07 Å². The average Bonchev–Trinajstić information content (AvgIpc) is 2.96. The maximum absolute atomic E-state index is 12.1. The van der Waals surface area contributed by atoms with Crippen LogP contribution < -0.4 is 4.74 Å². The highest BCUT2D eigenvalue weighted by Gasteiger charge is 2.16. The number of carbonyl (C=O) groups excluding carboxylic acids is 1. The van der Waals surface area contributed by atoms with E-state index in [9.17, 15) is 13.2 Å². The summed E-state index contributed by atoms with van der Waals surface area (Å²) in [6.45, 7) is 0. The van der Waals surface area contributed by atoms with Crippen molar-refractivity contribution in [2.24, 2.45) is 0 Å². The lowest BCUT2D eigenvalue weighted by Crippen LogP contribution is -2.03. The first-order chi connectivity index (χ1) is 9.91. The zero-order valence-corrected chi connectivity index (χ0v) is 13.2. The van der Waals surface area contributed by atoms with Crippen LogP contribution in [0.3, 0.4) is 0 Å². The molecule has 21 heavy (non-hydrogen) atoms. The quantitative estimate of drug-likeness (QED) is 0.627. The maximum atomic E-state index is 12.1. The van der Waals surface area contributed by atoms with Crippen LogP contribution in [0.2, 0.25) is 0 Å². The molecule has 110 valence electrons. The number of benzene rings is 1. The van der Waals surface area contributed by atoms with Gasteiger partial charge >= 0.3 is 0 Å². The number of thiophene rings is 1. The normalized spacial score (nSPS) is 11.7. The lowest BCUT2D eigenvalue weighted by atomic mass is 10.1. The van der Waals surface area contributed by atoms with Crippen LogP contribution in [0.25, 0.3) is 6.08 Å². The van der Waals surface area contributed by atoms with Gasteiger partial charge in [-0.2, -0.15) is 0 Å². The average molecular weight is 322 g/mol. The Morgan fingerprint density at radius 2 is 2.05 bits per heavy atom. The Bertz CT molecular complexity index is 772. The van der Waals surface area contributed by atoms with Crippen molar-refractivity contribution in [1.82, 2.24) is 0 Å². The molecule has 0 saturated heterocycles. The van der Waals surface area contributed by atoms with Gasteiger partial charge in [0.1, 0.15) is 10.6 Å². The van der Waals surface area contributed by atoms with E-state index in [1.165, 1.54) is 42.7 Å². The zero-order valence-electron chi connectivity index (χ0n) is 11.6. The zero-order chi connectivity index (χ0) is 15.5. The van der Waals surface area contributed by atoms with E-state index >= 15 is 0 Å². The first kappa shape index (κ1) is 15.5. The van der Waals surface area contributed by atoms with Crippen LogP contribution in [-0.4, -0.2) is 27.6 Å². The first-order valence-electron chi connectivity index (χ1n) is 6.06. The lowest BCUT2D eigenvalue weighted by molar-refractivity contribution is 0.104. The van der Waals surface area contributed by atoms with Crippen LogP contribution in [0.4, 0.5) is 0 Å². The number of hydrogen-bond acceptors (Lipinski definition) is 5. The SMILES string of the molecule is COc1cc(C(=O)C=Cc2cccs2)ccc1S(C)(=O)=O. The first-order valence-corrected chi connectivity index (χ1v) is 8.83. The van der Waals surface area contributed by atoms with Gasteiger partial charge in [-0.05, 0) is 41.8 Å². The largest absolute Gasteiger partial charge is 0.495 e. The molecule has 2 aromatic rings. The standard InChI is InChI=1S/C15H14O4S2/c1-19-14-10-11(5-8-15(14)21(2,17)18)13(16)7-6-12-4-3-9-20-12/h3-10H,1-2H3. The van der Waals surface area contributed by atoms with Crippen molar-refractivity contribution < 1.29 is 17.9 Å². The van der Waals surface area contributed by atoms with Crippen molar-refractivity contribution in [1.29, 1.82) is 0 Å². The molecule has 4 nitrogen and oxygen atoms in total. The molecule has 0 spiro atoms. The van der Waals surface area contributed by atoms with E-state index < -0.39 is 9.84 Å². The fourth-order valence-electron chi connectivity index (χ4n) is 1.77. The van der Waals surface area contributed by atoms with E-state index in [4.69, 9.17) is 4.74 Å². The van der Waals surface area contributed by atoms with Gasteiger partial charge in [0.25, 0.3) is 0 Å². The summed E-state index contributed by atoms with van der Waals surface area (Å²) >= 11 is 1.53. The Hall–Kier alpha value is -1.92. The van der Waals surface area contributed by atoms with Gasteiger partial charge in [-0.25, -0.2) is 8.42 Å². The monoisotopic (exact) mass is 322 g/mol.